The summed E-state index contributed by atoms with van der Waals surface area (Å²) >= 11 is 6.02. The minimum absolute atomic E-state index is 0.0280. The number of carboxylic acid groups (broad SMARTS) is 1. The number of ether oxygens (including phenoxy) is 1. The van der Waals surface area contributed by atoms with Gasteiger partial charge in [-0.2, -0.15) is 13.2 Å². The summed E-state index contributed by atoms with van der Waals surface area (Å²) < 4.78 is 102. The predicted octanol–water partition coefficient (Wildman–Crippen LogP) is 6.76. The summed E-state index contributed by atoms with van der Waals surface area (Å²) in [4.78, 5) is 11.0. The van der Waals surface area contributed by atoms with Gasteiger partial charge in [0.2, 0.25) is 0 Å². The summed E-state index contributed by atoms with van der Waals surface area (Å²) in [5.74, 6) is -3.18. The molecule has 4 rings (SSSR count). The lowest BCUT2D eigenvalue weighted by Gasteiger charge is -2.38. The molecule has 1 atom stereocenters. The second kappa shape index (κ2) is 9.98. The van der Waals surface area contributed by atoms with Crippen molar-refractivity contribution in [2.45, 2.75) is 37.4 Å². The molecule has 0 saturated heterocycles. The van der Waals surface area contributed by atoms with Gasteiger partial charge in [0.25, 0.3) is 10.0 Å². The molecule has 1 N–H and O–H groups in total. The van der Waals surface area contributed by atoms with Gasteiger partial charge in [0.15, 0.2) is 0 Å². The van der Waals surface area contributed by atoms with Crippen LogP contribution in [0.4, 0.5) is 27.6 Å². The minimum Gasteiger partial charge on any atom is -0.486 e. The van der Waals surface area contributed by atoms with E-state index in [-0.39, 0.29) is 29.0 Å². The fourth-order valence-electron chi connectivity index (χ4n) is 4.20. The molecule has 3 aromatic carbocycles. The maximum absolute atomic E-state index is 14.1. The van der Waals surface area contributed by atoms with E-state index in [1.54, 1.807) is 0 Å². The van der Waals surface area contributed by atoms with Gasteiger partial charge in [0, 0.05) is 18.1 Å². The van der Waals surface area contributed by atoms with E-state index in [2.05, 4.69) is 0 Å². The first kappa shape index (κ1) is 28.6. The molecule has 1 heterocycles. The number of anilines is 1. The van der Waals surface area contributed by atoms with Crippen molar-refractivity contribution in [1.29, 1.82) is 0 Å². The average molecular weight is 590 g/mol. The summed E-state index contributed by atoms with van der Waals surface area (Å²) in [6, 6.07) is 8.61. The van der Waals surface area contributed by atoms with Crippen molar-refractivity contribution < 1.29 is 45.0 Å². The predicted molar refractivity (Wildman–Crippen MR) is 133 cm³/mol. The summed E-state index contributed by atoms with van der Waals surface area (Å²) in [5, 5.41) is 9.11. The molecule has 6 nitrogen and oxygen atoms in total. The van der Waals surface area contributed by atoms with Crippen molar-refractivity contribution >= 4 is 33.3 Å². The van der Waals surface area contributed by atoms with Crippen molar-refractivity contribution in [3.05, 3.63) is 76.8 Å². The van der Waals surface area contributed by atoms with Crippen LogP contribution in [0.2, 0.25) is 5.02 Å². The number of sulfonamides is 1. The molecule has 0 aromatic heterocycles. The molecule has 0 saturated carbocycles. The van der Waals surface area contributed by atoms with Crippen LogP contribution in [0.15, 0.2) is 59.5 Å². The standard InChI is InChI=1S/C26H21ClF5NO5S/c1-25(2,24(34)35)12-17-13-33(39(36,37)18-5-3-4-15(9-18)26(30,31)32)21-8-14(6-7-22(21)38-17)19-10-16(28)11-20(29)23(19)27/h3-11,17H,12-13H2,1-2H3,(H,34,35). The van der Waals surface area contributed by atoms with Crippen LogP contribution in [0.5, 0.6) is 5.75 Å². The van der Waals surface area contributed by atoms with E-state index in [1.165, 1.54) is 32.0 Å². The highest BCUT2D eigenvalue weighted by molar-refractivity contribution is 7.92. The van der Waals surface area contributed by atoms with E-state index in [0.29, 0.717) is 12.1 Å². The largest absolute Gasteiger partial charge is 0.486 e. The number of halogens is 6. The first-order valence-corrected chi connectivity index (χ1v) is 13.2. The molecule has 0 spiro atoms. The highest BCUT2D eigenvalue weighted by atomic mass is 35.5. The molecular weight excluding hydrogens is 569 g/mol. The number of fused-ring (bicyclic) bond motifs is 1. The van der Waals surface area contributed by atoms with E-state index >= 15 is 0 Å². The zero-order valence-electron chi connectivity index (χ0n) is 20.4. The molecule has 13 heteroatoms. The highest BCUT2D eigenvalue weighted by Crippen LogP contribution is 2.43. The maximum atomic E-state index is 14.1. The van der Waals surface area contributed by atoms with Crippen LogP contribution in [-0.2, 0) is 21.0 Å². The lowest BCUT2D eigenvalue weighted by Crippen LogP contribution is -2.46. The minimum atomic E-state index is -4.81. The Morgan fingerprint density at radius 1 is 1.10 bits per heavy atom. The molecule has 1 unspecified atom stereocenters. The number of carboxylic acids is 1. The molecule has 0 amide bonds. The molecule has 0 aliphatic carbocycles. The van der Waals surface area contributed by atoms with Crippen LogP contribution in [0, 0.1) is 17.0 Å². The Morgan fingerprint density at radius 3 is 2.44 bits per heavy atom. The summed E-state index contributed by atoms with van der Waals surface area (Å²) in [6.45, 7) is 2.39. The average Bonchev–Trinajstić information content (AvgIpc) is 2.84. The first-order chi connectivity index (χ1) is 18.0. The molecule has 0 radical (unpaired) electrons. The van der Waals surface area contributed by atoms with E-state index < -0.39 is 67.3 Å². The van der Waals surface area contributed by atoms with Crippen molar-refractivity contribution in [3.8, 4) is 16.9 Å². The Hall–Kier alpha value is -3.38. The van der Waals surface area contributed by atoms with Crippen molar-refractivity contribution in [2.75, 3.05) is 10.8 Å². The topological polar surface area (TPSA) is 83.9 Å². The Labute approximate surface area is 225 Å². The van der Waals surface area contributed by atoms with Gasteiger partial charge in [0.1, 0.15) is 23.5 Å². The van der Waals surface area contributed by atoms with Crippen LogP contribution in [0.25, 0.3) is 11.1 Å². The number of alkyl halides is 3. The van der Waals surface area contributed by atoms with E-state index in [9.17, 15) is 40.3 Å². The Morgan fingerprint density at radius 2 is 1.79 bits per heavy atom. The SMILES string of the molecule is CC(C)(CC1CN(S(=O)(=O)c2cccc(C(F)(F)F)c2)c2cc(-c3cc(F)cc(F)c3Cl)ccc2O1)C(=O)O. The fourth-order valence-corrected chi connectivity index (χ4v) is 5.96. The molecular formula is C26H21ClF5NO5S. The van der Waals surface area contributed by atoms with Gasteiger partial charge < -0.3 is 9.84 Å². The normalized spacial score (nSPS) is 16.0. The van der Waals surface area contributed by atoms with Crippen molar-refractivity contribution in [2.24, 2.45) is 5.41 Å². The zero-order valence-corrected chi connectivity index (χ0v) is 22.0. The Balaban J connectivity index is 1.87. The van der Waals surface area contributed by atoms with Gasteiger partial charge in [0.05, 0.1) is 33.1 Å². The van der Waals surface area contributed by atoms with Crippen LogP contribution in [0.1, 0.15) is 25.8 Å². The van der Waals surface area contributed by atoms with Gasteiger partial charge in [-0.25, -0.2) is 17.2 Å². The van der Waals surface area contributed by atoms with E-state index in [0.717, 1.165) is 28.6 Å². The maximum Gasteiger partial charge on any atom is 0.416 e. The smallest absolute Gasteiger partial charge is 0.416 e. The lowest BCUT2D eigenvalue weighted by molar-refractivity contribution is -0.148. The number of rotatable bonds is 6. The van der Waals surface area contributed by atoms with Crippen LogP contribution in [-0.4, -0.2) is 32.1 Å². The van der Waals surface area contributed by atoms with Gasteiger partial charge in [-0.15, -0.1) is 0 Å². The van der Waals surface area contributed by atoms with Gasteiger partial charge >= 0.3 is 12.1 Å². The number of carbonyl (C=O) groups is 1. The molecule has 0 fully saturated rings. The third-order valence-electron chi connectivity index (χ3n) is 6.26. The first-order valence-electron chi connectivity index (χ1n) is 11.4. The number of aliphatic carboxylic acids is 1. The number of benzene rings is 3. The lowest BCUT2D eigenvalue weighted by atomic mass is 9.86. The third kappa shape index (κ3) is 5.67. The molecule has 0 bridgehead atoms. The number of hydrogen-bond donors (Lipinski definition) is 1. The van der Waals surface area contributed by atoms with Crippen LogP contribution >= 0.6 is 11.6 Å². The van der Waals surface area contributed by atoms with Crippen LogP contribution < -0.4 is 9.04 Å². The number of hydrogen-bond acceptors (Lipinski definition) is 4. The second-order valence-electron chi connectivity index (χ2n) is 9.63. The molecule has 39 heavy (non-hydrogen) atoms. The fraction of sp³-hybridized carbons (Fsp3) is 0.269. The Bertz CT molecular complexity index is 1560. The number of nitrogens with zero attached hydrogens (tertiary/aromatic N) is 1. The van der Waals surface area contributed by atoms with Crippen LogP contribution in [0.3, 0.4) is 0 Å². The zero-order chi connectivity index (χ0) is 28.9. The van der Waals surface area contributed by atoms with E-state index in [4.69, 9.17) is 16.3 Å². The van der Waals surface area contributed by atoms with Crippen molar-refractivity contribution in [1.82, 2.24) is 0 Å². The second-order valence-corrected chi connectivity index (χ2v) is 11.9. The molecule has 208 valence electrons. The van der Waals surface area contributed by atoms with E-state index in [1.807, 2.05) is 0 Å². The monoisotopic (exact) mass is 589 g/mol. The van der Waals surface area contributed by atoms with Crippen molar-refractivity contribution in [3.63, 3.8) is 0 Å². The summed E-state index contributed by atoms with van der Waals surface area (Å²) in [5.41, 5.74) is -2.64. The molecule has 1 aliphatic rings. The quantitative estimate of drug-likeness (QED) is 0.254. The highest BCUT2D eigenvalue weighted by Gasteiger charge is 2.40. The summed E-state index contributed by atoms with van der Waals surface area (Å²) in [6.07, 6.45) is -5.95. The Kier molecular flexibility index (Phi) is 7.32. The van der Waals surface area contributed by atoms with Gasteiger partial charge in [-0.1, -0.05) is 23.7 Å². The van der Waals surface area contributed by atoms with Gasteiger partial charge in [-0.05, 0) is 55.8 Å². The third-order valence-corrected chi connectivity index (χ3v) is 8.42. The molecule has 1 aliphatic heterocycles. The molecule has 3 aromatic rings. The summed E-state index contributed by atoms with van der Waals surface area (Å²) in [7, 11) is -4.67. The van der Waals surface area contributed by atoms with Gasteiger partial charge in [-0.3, -0.25) is 9.10 Å².